The summed E-state index contributed by atoms with van der Waals surface area (Å²) in [4.78, 5) is 4.49. The van der Waals surface area contributed by atoms with Crippen LogP contribution < -0.4 is 0 Å². The van der Waals surface area contributed by atoms with E-state index in [9.17, 15) is 0 Å². The highest BCUT2D eigenvalue weighted by Crippen LogP contribution is 2.36. The number of ether oxygens (including phenoxy) is 1. The molecule has 1 aliphatic rings. The van der Waals surface area contributed by atoms with Gasteiger partial charge in [-0.1, -0.05) is 11.6 Å². The number of rotatable bonds is 3. The summed E-state index contributed by atoms with van der Waals surface area (Å²) in [5.74, 6) is -0.310. The van der Waals surface area contributed by atoms with Crippen LogP contribution in [0.25, 0.3) is 0 Å². The maximum absolute atomic E-state index is 8.85. The average molecular weight is 200 g/mol. The van der Waals surface area contributed by atoms with Gasteiger partial charge in [-0.15, -0.1) is 0 Å². The van der Waals surface area contributed by atoms with Crippen molar-refractivity contribution in [3.63, 3.8) is 0 Å². The van der Waals surface area contributed by atoms with Gasteiger partial charge in [0.05, 0.1) is 0 Å². The summed E-state index contributed by atoms with van der Waals surface area (Å²) in [6, 6.07) is 0. The molecule has 14 heavy (non-hydrogen) atoms. The van der Waals surface area contributed by atoms with Gasteiger partial charge in [0, 0.05) is 20.0 Å². The van der Waals surface area contributed by atoms with Crippen LogP contribution in [0.15, 0.2) is 11.6 Å². The molecule has 0 amide bonds. The maximum atomic E-state index is 8.85. The summed E-state index contributed by atoms with van der Waals surface area (Å²) < 4.78 is 5.24. The lowest BCUT2D eigenvalue weighted by molar-refractivity contribution is -0.408. The van der Waals surface area contributed by atoms with Gasteiger partial charge in [0.2, 0.25) is 5.79 Å². The van der Waals surface area contributed by atoms with Gasteiger partial charge in [0.15, 0.2) is 0 Å². The van der Waals surface area contributed by atoms with Crippen LogP contribution in [-0.2, 0) is 9.62 Å². The van der Waals surface area contributed by atoms with Gasteiger partial charge in [0.1, 0.15) is 0 Å². The molecule has 3 heteroatoms. The normalized spacial score (nSPS) is 32.7. The topological polar surface area (TPSA) is 38.7 Å². The van der Waals surface area contributed by atoms with Gasteiger partial charge < -0.3 is 4.74 Å². The summed E-state index contributed by atoms with van der Waals surface area (Å²) in [7, 11) is 1.58. The molecule has 0 saturated heterocycles. The van der Waals surface area contributed by atoms with E-state index in [0.29, 0.717) is 5.92 Å². The van der Waals surface area contributed by atoms with Crippen LogP contribution in [-0.4, -0.2) is 18.2 Å². The van der Waals surface area contributed by atoms with E-state index in [1.807, 2.05) is 0 Å². The van der Waals surface area contributed by atoms with Crippen LogP contribution in [0.3, 0.4) is 0 Å². The molecule has 1 rings (SSSR count). The first-order valence-corrected chi connectivity index (χ1v) is 5.14. The van der Waals surface area contributed by atoms with Crippen LogP contribution in [0.5, 0.6) is 0 Å². The zero-order chi connectivity index (χ0) is 10.6. The molecule has 0 aromatic rings. The van der Waals surface area contributed by atoms with Crippen molar-refractivity contribution in [3.8, 4) is 0 Å². The van der Waals surface area contributed by atoms with Crippen LogP contribution in [0.2, 0.25) is 0 Å². The van der Waals surface area contributed by atoms with E-state index in [2.05, 4.69) is 24.8 Å². The Balaban J connectivity index is 2.63. The lowest BCUT2D eigenvalue weighted by atomic mass is 9.84. The Hall–Kier alpha value is -0.380. The molecule has 1 fully saturated rings. The molecular weight excluding hydrogens is 180 g/mol. The lowest BCUT2D eigenvalue weighted by Crippen LogP contribution is -2.39. The third-order valence-corrected chi connectivity index (χ3v) is 2.81. The van der Waals surface area contributed by atoms with E-state index < -0.39 is 5.79 Å². The van der Waals surface area contributed by atoms with Gasteiger partial charge in [-0.25, -0.2) is 10.1 Å². The van der Waals surface area contributed by atoms with E-state index in [-0.39, 0.29) is 0 Å². The summed E-state index contributed by atoms with van der Waals surface area (Å²) in [5.41, 5.74) is 1.31. The first-order chi connectivity index (χ1) is 6.62. The Morgan fingerprint density at radius 2 is 2.21 bits per heavy atom. The number of methoxy groups -OCH3 is 1. The van der Waals surface area contributed by atoms with Crippen molar-refractivity contribution in [1.82, 2.24) is 0 Å². The maximum Gasteiger partial charge on any atom is 0.201 e. The van der Waals surface area contributed by atoms with Gasteiger partial charge in [0.25, 0.3) is 0 Å². The third-order valence-electron chi connectivity index (χ3n) is 2.81. The summed E-state index contributed by atoms with van der Waals surface area (Å²) in [6.07, 6.45) is 5.92. The molecule has 0 aliphatic heterocycles. The van der Waals surface area contributed by atoms with Crippen molar-refractivity contribution < 1.29 is 14.9 Å². The minimum Gasteiger partial charge on any atom is -0.351 e. The van der Waals surface area contributed by atoms with Gasteiger partial charge in [-0.05, 0) is 32.6 Å². The largest absolute Gasteiger partial charge is 0.351 e. The van der Waals surface area contributed by atoms with Crippen molar-refractivity contribution in [2.75, 3.05) is 7.11 Å². The second-order valence-electron chi connectivity index (χ2n) is 4.31. The minimum absolute atomic E-state index is 0.459. The molecule has 1 saturated carbocycles. The van der Waals surface area contributed by atoms with Crippen molar-refractivity contribution in [2.45, 2.75) is 45.3 Å². The van der Waals surface area contributed by atoms with E-state index in [1.54, 1.807) is 7.11 Å². The SMILES string of the molecule is COC1(OO)CCCC(C=C(C)C)C1. The molecule has 82 valence electrons. The Labute approximate surface area is 85.6 Å². The number of hydrogen-bond donors (Lipinski definition) is 1. The van der Waals surface area contributed by atoms with Crippen molar-refractivity contribution in [2.24, 2.45) is 5.92 Å². The predicted molar refractivity (Wildman–Crippen MR) is 54.8 cm³/mol. The Morgan fingerprint density at radius 3 is 2.71 bits per heavy atom. The van der Waals surface area contributed by atoms with Crippen LogP contribution in [0, 0.1) is 5.92 Å². The molecule has 0 radical (unpaired) electrons. The van der Waals surface area contributed by atoms with E-state index in [4.69, 9.17) is 9.99 Å². The molecule has 1 N–H and O–H groups in total. The van der Waals surface area contributed by atoms with E-state index in [1.165, 1.54) is 5.57 Å². The molecular formula is C11H20O3. The van der Waals surface area contributed by atoms with Crippen molar-refractivity contribution in [3.05, 3.63) is 11.6 Å². The molecule has 3 nitrogen and oxygen atoms in total. The predicted octanol–water partition coefficient (Wildman–Crippen LogP) is 2.98. The highest BCUT2D eigenvalue weighted by atomic mass is 17.1. The Morgan fingerprint density at radius 1 is 1.50 bits per heavy atom. The highest BCUT2D eigenvalue weighted by Gasteiger charge is 2.37. The second kappa shape index (κ2) is 4.91. The standard InChI is InChI=1S/C11H20O3/c1-9(2)7-10-5-4-6-11(8-10,13-3)14-12/h7,10,12H,4-6,8H2,1-3H3. The highest BCUT2D eigenvalue weighted by molar-refractivity contribution is 5.00. The Bertz CT molecular complexity index is 203. The smallest absolute Gasteiger partial charge is 0.201 e. The average Bonchev–Trinajstić information content (AvgIpc) is 2.17. The molecule has 0 bridgehead atoms. The van der Waals surface area contributed by atoms with Gasteiger partial charge >= 0.3 is 0 Å². The van der Waals surface area contributed by atoms with Crippen LogP contribution >= 0.6 is 0 Å². The number of allylic oxidation sites excluding steroid dienone is 2. The fraction of sp³-hybridized carbons (Fsp3) is 0.818. The minimum atomic E-state index is -0.769. The molecule has 0 heterocycles. The summed E-state index contributed by atoms with van der Waals surface area (Å²) >= 11 is 0. The quantitative estimate of drug-likeness (QED) is 0.329. The van der Waals surface area contributed by atoms with Crippen LogP contribution in [0.4, 0.5) is 0 Å². The molecule has 0 aromatic heterocycles. The van der Waals surface area contributed by atoms with Gasteiger partial charge in [-0.2, -0.15) is 0 Å². The summed E-state index contributed by atoms with van der Waals surface area (Å²) in [5, 5.41) is 8.85. The molecule has 2 atom stereocenters. The molecule has 0 spiro atoms. The summed E-state index contributed by atoms with van der Waals surface area (Å²) in [6.45, 7) is 4.17. The first-order valence-electron chi connectivity index (χ1n) is 5.14. The van der Waals surface area contributed by atoms with Gasteiger partial charge in [-0.3, -0.25) is 0 Å². The van der Waals surface area contributed by atoms with Crippen LogP contribution in [0.1, 0.15) is 39.5 Å². The number of hydrogen-bond acceptors (Lipinski definition) is 3. The lowest BCUT2D eigenvalue weighted by Gasteiger charge is -2.35. The zero-order valence-corrected chi connectivity index (χ0v) is 9.25. The van der Waals surface area contributed by atoms with E-state index >= 15 is 0 Å². The Kier molecular flexibility index (Phi) is 4.11. The fourth-order valence-corrected chi connectivity index (χ4v) is 2.16. The fourth-order valence-electron chi connectivity index (χ4n) is 2.16. The second-order valence-corrected chi connectivity index (χ2v) is 4.31. The third kappa shape index (κ3) is 2.80. The molecule has 1 aliphatic carbocycles. The first kappa shape index (κ1) is 11.7. The monoisotopic (exact) mass is 200 g/mol. The van der Waals surface area contributed by atoms with Crippen molar-refractivity contribution >= 4 is 0 Å². The molecule has 0 aromatic carbocycles. The molecule has 2 unspecified atom stereocenters. The zero-order valence-electron chi connectivity index (χ0n) is 9.25. The van der Waals surface area contributed by atoms with Crippen molar-refractivity contribution in [1.29, 1.82) is 0 Å². The van der Waals surface area contributed by atoms with E-state index in [0.717, 1.165) is 25.7 Å².